The Morgan fingerprint density at radius 3 is 2.95 bits per heavy atom. The van der Waals surface area contributed by atoms with Crippen LogP contribution in [0.5, 0.6) is 0 Å². The Hall–Kier alpha value is -1.13. The molecule has 0 spiro atoms. The SMILES string of the molecule is CCCNC1CCCc2cn(Cc3nc(C)c(C)s3)cc21. The van der Waals surface area contributed by atoms with Crippen molar-refractivity contribution in [1.29, 1.82) is 0 Å². The summed E-state index contributed by atoms with van der Waals surface area (Å²) in [7, 11) is 0. The summed E-state index contributed by atoms with van der Waals surface area (Å²) in [5.41, 5.74) is 4.22. The van der Waals surface area contributed by atoms with Gasteiger partial charge >= 0.3 is 0 Å². The monoisotopic (exact) mass is 303 g/mol. The van der Waals surface area contributed by atoms with Crippen molar-refractivity contribution in [3.63, 3.8) is 0 Å². The Morgan fingerprint density at radius 1 is 1.38 bits per heavy atom. The van der Waals surface area contributed by atoms with Crippen LogP contribution in [0.25, 0.3) is 0 Å². The van der Waals surface area contributed by atoms with Crippen LogP contribution in [-0.4, -0.2) is 16.1 Å². The van der Waals surface area contributed by atoms with E-state index in [2.05, 4.69) is 48.0 Å². The largest absolute Gasteiger partial charge is 0.347 e. The van der Waals surface area contributed by atoms with Crippen LogP contribution in [0, 0.1) is 13.8 Å². The van der Waals surface area contributed by atoms with E-state index < -0.39 is 0 Å². The molecule has 0 saturated heterocycles. The minimum atomic E-state index is 0.551. The summed E-state index contributed by atoms with van der Waals surface area (Å²) < 4.78 is 2.33. The van der Waals surface area contributed by atoms with Crippen molar-refractivity contribution in [1.82, 2.24) is 14.9 Å². The van der Waals surface area contributed by atoms with Gasteiger partial charge in [0.1, 0.15) is 5.01 Å². The van der Waals surface area contributed by atoms with Crippen molar-refractivity contribution in [2.24, 2.45) is 0 Å². The first-order valence-electron chi connectivity index (χ1n) is 8.02. The van der Waals surface area contributed by atoms with Crippen molar-refractivity contribution >= 4 is 11.3 Å². The summed E-state index contributed by atoms with van der Waals surface area (Å²) in [5.74, 6) is 0. The van der Waals surface area contributed by atoms with Crippen LogP contribution in [0.4, 0.5) is 0 Å². The van der Waals surface area contributed by atoms with Crippen LogP contribution in [0.15, 0.2) is 12.4 Å². The molecule has 0 aliphatic heterocycles. The lowest BCUT2D eigenvalue weighted by Crippen LogP contribution is -2.24. The quantitative estimate of drug-likeness (QED) is 0.905. The summed E-state index contributed by atoms with van der Waals surface area (Å²) in [5, 5.41) is 4.91. The van der Waals surface area contributed by atoms with Gasteiger partial charge in [-0.25, -0.2) is 4.98 Å². The van der Waals surface area contributed by atoms with E-state index in [-0.39, 0.29) is 0 Å². The molecule has 2 heterocycles. The lowest BCUT2D eigenvalue weighted by molar-refractivity contribution is 0.462. The van der Waals surface area contributed by atoms with Gasteiger partial charge < -0.3 is 9.88 Å². The molecule has 114 valence electrons. The predicted molar refractivity (Wildman–Crippen MR) is 89.1 cm³/mol. The van der Waals surface area contributed by atoms with Crippen molar-refractivity contribution < 1.29 is 0 Å². The third kappa shape index (κ3) is 3.22. The number of nitrogens with zero attached hydrogens (tertiary/aromatic N) is 2. The zero-order chi connectivity index (χ0) is 14.8. The molecular formula is C17H25N3S. The topological polar surface area (TPSA) is 29.9 Å². The average Bonchev–Trinajstić information content (AvgIpc) is 3.00. The standard InChI is InChI=1S/C17H25N3S/c1-4-8-18-16-7-5-6-14-9-20(10-15(14)16)11-17-19-12(2)13(3)21-17/h9-10,16,18H,4-8,11H2,1-3H3. The normalized spacial score (nSPS) is 18.0. The maximum atomic E-state index is 4.66. The maximum absolute atomic E-state index is 4.66. The van der Waals surface area contributed by atoms with Crippen LogP contribution < -0.4 is 5.32 Å². The summed E-state index contributed by atoms with van der Waals surface area (Å²) >= 11 is 1.82. The number of fused-ring (bicyclic) bond motifs is 1. The van der Waals surface area contributed by atoms with Crippen LogP contribution in [0.3, 0.4) is 0 Å². The summed E-state index contributed by atoms with van der Waals surface area (Å²) in [6.45, 7) is 8.50. The van der Waals surface area contributed by atoms with Crippen LogP contribution >= 0.6 is 11.3 Å². The van der Waals surface area contributed by atoms with E-state index in [9.17, 15) is 0 Å². The molecule has 0 fully saturated rings. The second-order valence-corrected chi connectivity index (χ2v) is 7.35. The molecular weight excluding hydrogens is 278 g/mol. The first kappa shape index (κ1) is 14.8. The molecule has 0 aromatic carbocycles. The van der Waals surface area contributed by atoms with Gasteiger partial charge in [0.2, 0.25) is 0 Å². The predicted octanol–water partition coefficient (Wildman–Crippen LogP) is 3.99. The van der Waals surface area contributed by atoms with Crippen molar-refractivity contribution in [3.05, 3.63) is 39.1 Å². The Kier molecular flexibility index (Phi) is 4.45. The Balaban J connectivity index is 1.77. The highest BCUT2D eigenvalue weighted by Gasteiger charge is 2.21. The molecule has 2 aromatic heterocycles. The minimum Gasteiger partial charge on any atom is -0.347 e. The number of hydrogen-bond acceptors (Lipinski definition) is 3. The first-order valence-corrected chi connectivity index (χ1v) is 8.84. The fraction of sp³-hybridized carbons (Fsp3) is 0.588. The van der Waals surface area contributed by atoms with Gasteiger partial charge in [-0.05, 0) is 57.2 Å². The van der Waals surface area contributed by atoms with Gasteiger partial charge in [0, 0.05) is 23.3 Å². The molecule has 1 N–H and O–H groups in total. The highest BCUT2D eigenvalue weighted by molar-refractivity contribution is 7.11. The van der Waals surface area contributed by atoms with E-state index in [1.807, 2.05) is 11.3 Å². The van der Waals surface area contributed by atoms with Crippen molar-refractivity contribution in [2.75, 3.05) is 6.54 Å². The maximum Gasteiger partial charge on any atom is 0.113 e. The van der Waals surface area contributed by atoms with E-state index in [0.717, 1.165) is 13.1 Å². The molecule has 1 aliphatic rings. The Morgan fingerprint density at radius 2 is 2.24 bits per heavy atom. The van der Waals surface area contributed by atoms with Gasteiger partial charge in [0.25, 0.3) is 0 Å². The highest BCUT2D eigenvalue weighted by atomic mass is 32.1. The first-order chi connectivity index (χ1) is 10.2. The summed E-state index contributed by atoms with van der Waals surface area (Å²) in [6, 6.07) is 0.551. The molecule has 0 saturated carbocycles. The van der Waals surface area contributed by atoms with Crippen molar-refractivity contribution in [3.8, 4) is 0 Å². The van der Waals surface area contributed by atoms with E-state index >= 15 is 0 Å². The number of hydrogen-bond donors (Lipinski definition) is 1. The van der Waals surface area contributed by atoms with Gasteiger partial charge in [-0.15, -0.1) is 11.3 Å². The zero-order valence-corrected chi connectivity index (χ0v) is 14.1. The van der Waals surface area contributed by atoms with Crippen LogP contribution in [0.1, 0.15) is 58.9 Å². The fourth-order valence-electron chi connectivity index (χ4n) is 3.13. The highest BCUT2D eigenvalue weighted by Crippen LogP contribution is 2.31. The molecule has 21 heavy (non-hydrogen) atoms. The van der Waals surface area contributed by atoms with Gasteiger partial charge in [-0.3, -0.25) is 0 Å². The van der Waals surface area contributed by atoms with E-state index in [1.54, 1.807) is 0 Å². The minimum absolute atomic E-state index is 0.551. The Bertz CT molecular complexity index is 592. The lowest BCUT2D eigenvalue weighted by atomic mass is 9.91. The Labute approximate surface area is 131 Å². The second-order valence-electron chi connectivity index (χ2n) is 6.06. The van der Waals surface area contributed by atoms with E-state index in [4.69, 9.17) is 0 Å². The molecule has 0 bridgehead atoms. The lowest BCUT2D eigenvalue weighted by Gasteiger charge is -2.23. The summed E-state index contributed by atoms with van der Waals surface area (Å²) in [4.78, 5) is 6.00. The van der Waals surface area contributed by atoms with Gasteiger partial charge in [-0.2, -0.15) is 0 Å². The third-order valence-corrected chi connectivity index (χ3v) is 5.40. The average molecular weight is 303 g/mol. The van der Waals surface area contributed by atoms with Crippen molar-refractivity contribution in [2.45, 2.75) is 59.0 Å². The molecule has 3 nitrogen and oxygen atoms in total. The van der Waals surface area contributed by atoms with E-state index in [1.165, 1.54) is 52.4 Å². The number of thiazole rings is 1. The van der Waals surface area contributed by atoms with Gasteiger partial charge in [0.15, 0.2) is 0 Å². The molecule has 0 radical (unpaired) electrons. The van der Waals surface area contributed by atoms with Crippen LogP contribution in [0.2, 0.25) is 0 Å². The van der Waals surface area contributed by atoms with Crippen LogP contribution in [-0.2, 0) is 13.0 Å². The number of aryl methyl sites for hydroxylation is 3. The summed E-state index contributed by atoms with van der Waals surface area (Å²) in [6.07, 6.45) is 9.67. The molecule has 3 rings (SSSR count). The van der Waals surface area contributed by atoms with E-state index in [0.29, 0.717) is 6.04 Å². The zero-order valence-electron chi connectivity index (χ0n) is 13.3. The van der Waals surface area contributed by atoms with Gasteiger partial charge in [0.05, 0.1) is 12.2 Å². The number of nitrogens with one attached hydrogen (secondary N) is 1. The molecule has 4 heteroatoms. The fourth-order valence-corrected chi connectivity index (χ4v) is 4.08. The number of aromatic nitrogens is 2. The van der Waals surface area contributed by atoms with Gasteiger partial charge in [-0.1, -0.05) is 6.92 Å². The number of rotatable bonds is 5. The molecule has 1 unspecified atom stereocenters. The third-order valence-electron chi connectivity index (χ3n) is 4.34. The smallest absolute Gasteiger partial charge is 0.113 e. The molecule has 1 aliphatic carbocycles. The molecule has 0 amide bonds. The molecule has 2 aromatic rings. The molecule has 1 atom stereocenters. The second kappa shape index (κ2) is 6.32.